The SMILES string of the molecule is O=C(O)Cc1cccc(NS(=O)(=O)c2ccc(Br)cc2)c1. The molecule has 2 aromatic rings. The summed E-state index contributed by atoms with van der Waals surface area (Å²) in [6.45, 7) is 0. The molecule has 0 spiro atoms. The minimum absolute atomic E-state index is 0.134. The van der Waals surface area contributed by atoms with Crippen LogP contribution in [-0.2, 0) is 21.2 Å². The van der Waals surface area contributed by atoms with Gasteiger partial charge in [-0.05, 0) is 42.0 Å². The van der Waals surface area contributed by atoms with Gasteiger partial charge in [0.1, 0.15) is 0 Å². The van der Waals surface area contributed by atoms with Crippen molar-refractivity contribution < 1.29 is 18.3 Å². The molecule has 0 saturated heterocycles. The summed E-state index contributed by atoms with van der Waals surface area (Å²) in [7, 11) is -3.69. The van der Waals surface area contributed by atoms with Gasteiger partial charge in [0, 0.05) is 10.2 Å². The number of aliphatic carboxylic acids is 1. The van der Waals surface area contributed by atoms with E-state index in [1.54, 1.807) is 30.3 Å². The predicted molar refractivity (Wildman–Crippen MR) is 82.7 cm³/mol. The third kappa shape index (κ3) is 4.30. The van der Waals surface area contributed by atoms with Crippen molar-refractivity contribution in [2.45, 2.75) is 11.3 Å². The van der Waals surface area contributed by atoms with Gasteiger partial charge >= 0.3 is 5.97 Å². The number of hydrogen-bond donors (Lipinski definition) is 2. The number of carboxylic acid groups (broad SMARTS) is 1. The molecule has 0 amide bonds. The number of sulfonamides is 1. The highest BCUT2D eigenvalue weighted by Crippen LogP contribution is 2.19. The highest BCUT2D eigenvalue weighted by Gasteiger charge is 2.14. The average Bonchev–Trinajstić information content (AvgIpc) is 2.38. The van der Waals surface area contributed by atoms with Gasteiger partial charge in [0.2, 0.25) is 0 Å². The molecule has 2 aromatic carbocycles. The molecule has 0 unspecified atom stereocenters. The fourth-order valence-corrected chi connectivity index (χ4v) is 3.06. The molecular formula is C14H12BrNO4S. The van der Waals surface area contributed by atoms with Crippen molar-refractivity contribution in [3.63, 3.8) is 0 Å². The Morgan fingerprint density at radius 2 is 1.81 bits per heavy atom. The lowest BCUT2D eigenvalue weighted by Gasteiger charge is -2.09. The Morgan fingerprint density at radius 1 is 1.14 bits per heavy atom. The maximum atomic E-state index is 12.2. The zero-order valence-electron chi connectivity index (χ0n) is 10.8. The van der Waals surface area contributed by atoms with E-state index in [0.717, 1.165) is 4.47 Å². The Kier molecular flexibility index (Phi) is 4.64. The first kappa shape index (κ1) is 15.5. The first-order valence-electron chi connectivity index (χ1n) is 5.96. The van der Waals surface area contributed by atoms with Crippen molar-refractivity contribution >= 4 is 37.6 Å². The molecule has 0 atom stereocenters. The second-order valence-electron chi connectivity index (χ2n) is 4.33. The number of rotatable bonds is 5. The smallest absolute Gasteiger partial charge is 0.307 e. The zero-order valence-corrected chi connectivity index (χ0v) is 13.2. The van der Waals surface area contributed by atoms with Crippen LogP contribution in [0.1, 0.15) is 5.56 Å². The number of hydrogen-bond acceptors (Lipinski definition) is 3. The molecule has 0 saturated carbocycles. The van der Waals surface area contributed by atoms with Crippen molar-refractivity contribution in [2.24, 2.45) is 0 Å². The van der Waals surface area contributed by atoms with Crippen LogP contribution in [0.5, 0.6) is 0 Å². The summed E-state index contributed by atoms with van der Waals surface area (Å²) in [5, 5.41) is 8.75. The van der Waals surface area contributed by atoms with Crippen molar-refractivity contribution in [2.75, 3.05) is 4.72 Å². The van der Waals surface area contributed by atoms with Gasteiger partial charge in [0.15, 0.2) is 0 Å². The van der Waals surface area contributed by atoms with Gasteiger partial charge in [-0.3, -0.25) is 9.52 Å². The van der Waals surface area contributed by atoms with Gasteiger partial charge < -0.3 is 5.11 Å². The molecule has 2 N–H and O–H groups in total. The number of benzene rings is 2. The van der Waals surface area contributed by atoms with Crippen LogP contribution in [0.15, 0.2) is 57.9 Å². The summed E-state index contributed by atoms with van der Waals surface area (Å²) >= 11 is 3.24. The average molecular weight is 370 g/mol. The maximum Gasteiger partial charge on any atom is 0.307 e. The number of carboxylic acids is 1. The molecule has 0 aliphatic rings. The summed E-state index contributed by atoms with van der Waals surface area (Å²) in [4.78, 5) is 10.8. The third-order valence-corrected chi connectivity index (χ3v) is 4.58. The minimum atomic E-state index is -3.69. The van der Waals surface area contributed by atoms with Crippen molar-refractivity contribution in [1.82, 2.24) is 0 Å². The van der Waals surface area contributed by atoms with Crippen LogP contribution in [0.4, 0.5) is 5.69 Å². The molecule has 0 aliphatic carbocycles. The molecule has 5 nitrogen and oxygen atoms in total. The van der Waals surface area contributed by atoms with Crippen LogP contribution < -0.4 is 4.72 Å². The molecular weight excluding hydrogens is 358 g/mol. The van der Waals surface area contributed by atoms with Gasteiger partial charge in [-0.1, -0.05) is 28.1 Å². The number of halogens is 1. The molecule has 2 rings (SSSR count). The van der Waals surface area contributed by atoms with Crippen LogP contribution in [0.3, 0.4) is 0 Å². The zero-order chi connectivity index (χ0) is 15.5. The van der Waals surface area contributed by atoms with Crippen LogP contribution in [-0.4, -0.2) is 19.5 Å². The Hall–Kier alpha value is -1.86. The van der Waals surface area contributed by atoms with Crippen LogP contribution in [0.25, 0.3) is 0 Å². The van der Waals surface area contributed by atoms with E-state index in [9.17, 15) is 13.2 Å². The lowest BCUT2D eigenvalue weighted by molar-refractivity contribution is -0.136. The van der Waals surface area contributed by atoms with Crippen LogP contribution in [0, 0.1) is 0 Å². The Balaban J connectivity index is 2.24. The Labute approximate surface area is 130 Å². The standard InChI is InChI=1S/C14H12BrNO4S/c15-11-4-6-13(7-5-11)21(19,20)16-12-3-1-2-10(8-12)9-14(17)18/h1-8,16H,9H2,(H,17,18). The summed E-state index contributed by atoms with van der Waals surface area (Å²) in [6, 6.07) is 12.5. The van der Waals surface area contributed by atoms with E-state index in [-0.39, 0.29) is 11.3 Å². The number of anilines is 1. The van der Waals surface area contributed by atoms with E-state index in [1.807, 2.05) is 0 Å². The van der Waals surface area contributed by atoms with Gasteiger partial charge in [-0.2, -0.15) is 0 Å². The van der Waals surface area contributed by atoms with Gasteiger partial charge in [-0.15, -0.1) is 0 Å². The first-order valence-corrected chi connectivity index (χ1v) is 8.23. The molecule has 0 fully saturated rings. The highest BCUT2D eigenvalue weighted by atomic mass is 79.9. The van der Waals surface area contributed by atoms with Crippen molar-refractivity contribution in [1.29, 1.82) is 0 Å². The van der Waals surface area contributed by atoms with E-state index in [1.165, 1.54) is 18.2 Å². The fourth-order valence-electron chi connectivity index (χ4n) is 1.75. The molecule has 0 aromatic heterocycles. The maximum absolute atomic E-state index is 12.2. The Bertz CT molecular complexity index is 757. The lowest BCUT2D eigenvalue weighted by Crippen LogP contribution is -2.13. The molecule has 0 aliphatic heterocycles. The van der Waals surface area contributed by atoms with E-state index >= 15 is 0 Å². The quantitative estimate of drug-likeness (QED) is 0.848. The third-order valence-electron chi connectivity index (χ3n) is 2.66. The summed E-state index contributed by atoms with van der Waals surface area (Å²) in [6.07, 6.45) is -0.159. The molecule has 0 bridgehead atoms. The minimum Gasteiger partial charge on any atom is -0.481 e. The number of nitrogens with one attached hydrogen (secondary N) is 1. The monoisotopic (exact) mass is 369 g/mol. The van der Waals surface area contributed by atoms with E-state index in [0.29, 0.717) is 11.3 Å². The summed E-state index contributed by atoms with van der Waals surface area (Å²) in [5.41, 5.74) is 0.857. The van der Waals surface area contributed by atoms with Crippen molar-refractivity contribution in [3.05, 3.63) is 58.6 Å². The number of carbonyl (C=O) groups is 1. The lowest BCUT2D eigenvalue weighted by atomic mass is 10.1. The van der Waals surface area contributed by atoms with E-state index in [2.05, 4.69) is 20.7 Å². The molecule has 21 heavy (non-hydrogen) atoms. The highest BCUT2D eigenvalue weighted by molar-refractivity contribution is 9.10. The summed E-state index contributed by atoms with van der Waals surface area (Å²) < 4.78 is 27.6. The van der Waals surface area contributed by atoms with Gasteiger partial charge in [0.05, 0.1) is 11.3 Å². The van der Waals surface area contributed by atoms with Crippen LogP contribution in [0.2, 0.25) is 0 Å². The summed E-state index contributed by atoms with van der Waals surface area (Å²) in [5.74, 6) is -0.970. The second kappa shape index (κ2) is 6.28. The van der Waals surface area contributed by atoms with Crippen LogP contribution >= 0.6 is 15.9 Å². The topological polar surface area (TPSA) is 83.5 Å². The second-order valence-corrected chi connectivity index (χ2v) is 6.93. The van der Waals surface area contributed by atoms with Gasteiger partial charge in [0.25, 0.3) is 10.0 Å². The normalized spacial score (nSPS) is 11.1. The molecule has 7 heteroatoms. The predicted octanol–water partition coefficient (Wildman–Crippen LogP) is 2.88. The molecule has 0 radical (unpaired) electrons. The van der Waals surface area contributed by atoms with Crippen molar-refractivity contribution in [3.8, 4) is 0 Å². The van der Waals surface area contributed by atoms with Gasteiger partial charge in [-0.25, -0.2) is 8.42 Å². The van der Waals surface area contributed by atoms with E-state index in [4.69, 9.17) is 5.11 Å². The first-order chi connectivity index (χ1) is 9.87. The largest absolute Gasteiger partial charge is 0.481 e. The Morgan fingerprint density at radius 3 is 2.43 bits per heavy atom. The molecule has 0 heterocycles. The fraction of sp³-hybridized carbons (Fsp3) is 0.0714. The molecule has 110 valence electrons. The van der Waals surface area contributed by atoms with E-state index < -0.39 is 16.0 Å².